The van der Waals surface area contributed by atoms with Gasteiger partial charge in [-0.1, -0.05) is 66.7 Å². The summed E-state index contributed by atoms with van der Waals surface area (Å²) in [6, 6.07) is 26.4. The van der Waals surface area contributed by atoms with Crippen LogP contribution in [-0.4, -0.2) is 25.0 Å². The lowest BCUT2D eigenvalue weighted by atomic mass is 10.2. The second kappa shape index (κ2) is 9.71. The van der Waals surface area contributed by atoms with E-state index < -0.39 is 13.2 Å². The minimum Gasteiger partial charge on any atom is -0.378 e. The third kappa shape index (κ3) is 5.45. The molecule has 0 heterocycles. The van der Waals surface area contributed by atoms with Crippen molar-refractivity contribution in [3.05, 3.63) is 102 Å². The molecule has 0 radical (unpaired) electrons. The van der Waals surface area contributed by atoms with E-state index in [-0.39, 0.29) is 6.61 Å². The Balaban J connectivity index is 1.89. The first-order valence-electron chi connectivity index (χ1n) is 9.46. The van der Waals surface area contributed by atoms with E-state index in [9.17, 15) is 9.67 Å². The van der Waals surface area contributed by atoms with Crippen molar-refractivity contribution in [2.45, 2.75) is 12.5 Å². The van der Waals surface area contributed by atoms with Crippen LogP contribution < -0.4 is 10.2 Å². The summed E-state index contributed by atoms with van der Waals surface area (Å²) in [5.41, 5.74) is 2.80. The van der Waals surface area contributed by atoms with Crippen LogP contribution in [0.3, 0.4) is 0 Å². The number of anilines is 1. The minimum absolute atomic E-state index is 0.157. The van der Waals surface area contributed by atoms with Crippen LogP contribution in [-0.2, 0) is 15.7 Å². The van der Waals surface area contributed by atoms with E-state index in [4.69, 9.17) is 4.52 Å². The maximum absolute atomic E-state index is 13.9. The van der Waals surface area contributed by atoms with E-state index in [0.717, 1.165) is 16.8 Å². The van der Waals surface area contributed by atoms with Crippen LogP contribution in [0.5, 0.6) is 0 Å². The number of nitrogens with zero attached hydrogens (tertiary/aromatic N) is 1. The molecule has 3 aromatic rings. The van der Waals surface area contributed by atoms with E-state index in [1.165, 1.54) is 0 Å². The standard InChI is InChI=1S/C24H26NO3P/c1-25(2)22-14-16-23(17-15-22)29(27,28-19-21-11-7-4-8-12-21)24(26)18-13-20-9-5-3-6-10-20/h3-18,24,26H,19H2,1-2H3. The molecule has 0 saturated heterocycles. The molecule has 0 saturated carbocycles. The summed E-state index contributed by atoms with van der Waals surface area (Å²) >= 11 is 0. The second-order valence-corrected chi connectivity index (χ2v) is 9.45. The summed E-state index contributed by atoms with van der Waals surface area (Å²) in [6.07, 6.45) is 3.30. The fourth-order valence-electron chi connectivity index (χ4n) is 2.88. The normalized spacial score (nSPS) is 14.4. The third-order valence-corrected chi connectivity index (χ3v) is 7.00. The van der Waals surface area contributed by atoms with Crippen LogP contribution in [0.2, 0.25) is 0 Å². The fraction of sp³-hybridized carbons (Fsp3) is 0.167. The number of aliphatic hydroxyl groups excluding tert-OH is 1. The van der Waals surface area contributed by atoms with Crippen molar-refractivity contribution in [3.63, 3.8) is 0 Å². The molecule has 1 N–H and O–H groups in total. The molecule has 0 aromatic heterocycles. The Labute approximate surface area is 172 Å². The molecule has 3 aromatic carbocycles. The molecule has 150 valence electrons. The summed E-state index contributed by atoms with van der Waals surface area (Å²) < 4.78 is 19.7. The van der Waals surface area contributed by atoms with E-state index in [1.54, 1.807) is 24.3 Å². The van der Waals surface area contributed by atoms with Gasteiger partial charge in [0.25, 0.3) is 7.37 Å². The predicted molar refractivity (Wildman–Crippen MR) is 121 cm³/mol. The Morgan fingerprint density at radius 2 is 1.52 bits per heavy atom. The highest BCUT2D eigenvalue weighted by Gasteiger charge is 2.33. The first kappa shape index (κ1) is 21.1. The smallest absolute Gasteiger partial charge is 0.263 e. The summed E-state index contributed by atoms with van der Waals surface area (Å²) in [7, 11) is 0.320. The molecule has 0 aliphatic heterocycles. The lowest BCUT2D eigenvalue weighted by molar-refractivity contribution is 0.238. The predicted octanol–water partition coefficient (Wildman–Crippen LogP) is 4.90. The topological polar surface area (TPSA) is 49.8 Å². The van der Waals surface area contributed by atoms with Gasteiger partial charge in [-0.15, -0.1) is 0 Å². The van der Waals surface area contributed by atoms with Gasteiger partial charge < -0.3 is 14.5 Å². The van der Waals surface area contributed by atoms with Gasteiger partial charge in [0.15, 0.2) is 5.85 Å². The molecule has 0 aliphatic rings. The van der Waals surface area contributed by atoms with Crippen molar-refractivity contribution in [1.82, 2.24) is 0 Å². The van der Waals surface area contributed by atoms with Gasteiger partial charge in [-0.2, -0.15) is 0 Å². The van der Waals surface area contributed by atoms with Crippen molar-refractivity contribution in [2.75, 3.05) is 19.0 Å². The van der Waals surface area contributed by atoms with Crippen LogP contribution in [0.4, 0.5) is 5.69 Å². The Morgan fingerprint density at radius 3 is 2.10 bits per heavy atom. The molecule has 4 nitrogen and oxygen atoms in total. The molecule has 0 amide bonds. The fourth-order valence-corrected chi connectivity index (χ4v) is 4.71. The quantitative estimate of drug-likeness (QED) is 0.540. The number of rotatable bonds is 8. The van der Waals surface area contributed by atoms with Crippen molar-refractivity contribution in [3.8, 4) is 0 Å². The molecule has 29 heavy (non-hydrogen) atoms. The van der Waals surface area contributed by atoms with Gasteiger partial charge in [0, 0.05) is 25.1 Å². The molecule has 0 spiro atoms. The molecule has 0 aliphatic carbocycles. The van der Waals surface area contributed by atoms with E-state index in [2.05, 4.69) is 0 Å². The van der Waals surface area contributed by atoms with E-state index in [1.807, 2.05) is 91.8 Å². The molecule has 2 atom stereocenters. The van der Waals surface area contributed by atoms with Gasteiger partial charge in [0.1, 0.15) is 0 Å². The molecule has 5 heteroatoms. The summed E-state index contributed by atoms with van der Waals surface area (Å²) in [5.74, 6) is -1.25. The highest BCUT2D eigenvalue weighted by Crippen LogP contribution is 2.51. The van der Waals surface area contributed by atoms with Crippen molar-refractivity contribution in [1.29, 1.82) is 0 Å². The van der Waals surface area contributed by atoms with Crippen molar-refractivity contribution >= 4 is 24.4 Å². The zero-order chi connectivity index (χ0) is 20.7. The van der Waals surface area contributed by atoms with Crippen LogP contribution in [0, 0.1) is 0 Å². The number of aliphatic hydroxyl groups is 1. The summed E-state index contributed by atoms with van der Waals surface area (Å²) in [6.45, 7) is 0.157. The largest absolute Gasteiger partial charge is 0.378 e. The Morgan fingerprint density at radius 1 is 0.931 bits per heavy atom. The zero-order valence-electron chi connectivity index (χ0n) is 16.7. The van der Waals surface area contributed by atoms with Crippen LogP contribution in [0.1, 0.15) is 11.1 Å². The SMILES string of the molecule is CN(C)c1ccc(P(=O)(OCc2ccccc2)C(O)C=Cc2ccccc2)cc1. The van der Waals surface area contributed by atoms with Gasteiger partial charge in [0.05, 0.1) is 6.61 Å². The minimum atomic E-state index is -3.57. The Hall–Kier alpha value is -2.65. The van der Waals surface area contributed by atoms with Crippen molar-refractivity contribution in [2.24, 2.45) is 0 Å². The first-order valence-corrected chi connectivity index (χ1v) is 11.2. The number of benzene rings is 3. The van der Waals surface area contributed by atoms with Gasteiger partial charge in [-0.25, -0.2) is 0 Å². The van der Waals surface area contributed by atoms with Crippen molar-refractivity contribution < 1.29 is 14.2 Å². The molecular weight excluding hydrogens is 381 g/mol. The highest BCUT2D eigenvalue weighted by atomic mass is 31.2. The van der Waals surface area contributed by atoms with Gasteiger partial charge >= 0.3 is 0 Å². The third-order valence-electron chi connectivity index (χ3n) is 4.60. The maximum atomic E-state index is 13.9. The molecule has 0 fully saturated rings. The average molecular weight is 407 g/mol. The number of hydrogen-bond acceptors (Lipinski definition) is 4. The van der Waals surface area contributed by atoms with Gasteiger partial charge in [-0.3, -0.25) is 4.57 Å². The molecule has 2 unspecified atom stereocenters. The lowest BCUT2D eigenvalue weighted by Crippen LogP contribution is -2.19. The van der Waals surface area contributed by atoms with Crippen LogP contribution in [0.25, 0.3) is 6.08 Å². The highest BCUT2D eigenvalue weighted by molar-refractivity contribution is 7.67. The Bertz CT molecular complexity index is 970. The second-order valence-electron chi connectivity index (χ2n) is 6.95. The Kier molecular flexibility index (Phi) is 7.05. The first-order chi connectivity index (χ1) is 14.0. The number of hydrogen-bond donors (Lipinski definition) is 1. The zero-order valence-corrected chi connectivity index (χ0v) is 17.6. The summed E-state index contributed by atoms with van der Waals surface area (Å²) in [5, 5.41) is 11.3. The summed E-state index contributed by atoms with van der Waals surface area (Å²) in [4.78, 5) is 1.96. The maximum Gasteiger partial charge on any atom is 0.263 e. The monoisotopic (exact) mass is 407 g/mol. The van der Waals surface area contributed by atoms with E-state index in [0.29, 0.717) is 5.30 Å². The molecule has 3 rings (SSSR count). The molecule has 0 bridgehead atoms. The molecular formula is C24H26NO3P. The lowest BCUT2D eigenvalue weighted by Gasteiger charge is -2.23. The average Bonchev–Trinajstić information content (AvgIpc) is 2.77. The van der Waals surface area contributed by atoms with E-state index >= 15 is 0 Å². The van der Waals surface area contributed by atoms with Crippen LogP contribution in [0.15, 0.2) is 91.0 Å². The van der Waals surface area contributed by atoms with Gasteiger partial charge in [-0.05, 0) is 41.5 Å². The van der Waals surface area contributed by atoms with Crippen LogP contribution >= 0.6 is 7.37 Å². The van der Waals surface area contributed by atoms with Gasteiger partial charge in [0.2, 0.25) is 0 Å².